The zero-order chi connectivity index (χ0) is 18.9. The molecule has 140 valence electrons. The summed E-state index contributed by atoms with van der Waals surface area (Å²) in [5.74, 6) is -0.0906. The van der Waals surface area contributed by atoms with E-state index in [9.17, 15) is 4.79 Å². The molecular weight excluding hydrogens is 348 g/mol. The lowest BCUT2D eigenvalue weighted by atomic mass is 10.0. The van der Waals surface area contributed by atoms with Crippen molar-refractivity contribution in [3.05, 3.63) is 70.2 Å². The molecule has 0 saturated carbocycles. The van der Waals surface area contributed by atoms with Gasteiger partial charge in [0.25, 0.3) is 5.91 Å². The van der Waals surface area contributed by atoms with E-state index in [2.05, 4.69) is 24.1 Å². The van der Waals surface area contributed by atoms with Crippen molar-refractivity contribution in [1.29, 1.82) is 0 Å². The molecule has 0 heterocycles. The van der Waals surface area contributed by atoms with Crippen molar-refractivity contribution in [2.45, 2.75) is 26.5 Å². The van der Waals surface area contributed by atoms with Crippen LogP contribution < -0.4 is 5.32 Å². The van der Waals surface area contributed by atoms with E-state index >= 15 is 0 Å². The highest BCUT2D eigenvalue weighted by Gasteiger charge is 2.21. The number of methoxy groups -OCH3 is 1. The van der Waals surface area contributed by atoms with E-state index in [0.29, 0.717) is 18.7 Å². The molecule has 2 rings (SSSR count). The SMILES string of the molecule is CCN(CC)C(CNC(=O)c1cccc(COC)c1)c1ccccc1Cl. The molecule has 0 fully saturated rings. The highest BCUT2D eigenvalue weighted by Crippen LogP contribution is 2.27. The lowest BCUT2D eigenvalue weighted by molar-refractivity contribution is 0.0934. The van der Waals surface area contributed by atoms with Crippen molar-refractivity contribution >= 4 is 17.5 Å². The molecule has 1 N–H and O–H groups in total. The summed E-state index contributed by atoms with van der Waals surface area (Å²) in [7, 11) is 1.64. The Kier molecular flexibility index (Phi) is 8.10. The highest BCUT2D eigenvalue weighted by molar-refractivity contribution is 6.31. The quantitative estimate of drug-likeness (QED) is 0.711. The van der Waals surface area contributed by atoms with Crippen molar-refractivity contribution in [1.82, 2.24) is 10.2 Å². The minimum atomic E-state index is -0.0906. The lowest BCUT2D eigenvalue weighted by Crippen LogP contribution is -2.38. The van der Waals surface area contributed by atoms with Gasteiger partial charge in [-0.3, -0.25) is 9.69 Å². The maximum absolute atomic E-state index is 12.6. The third-order valence-electron chi connectivity index (χ3n) is 4.47. The summed E-state index contributed by atoms with van der Waals surface area (Å²) in [6.45, 7) is 6.98. The second-order valence-electron chi connectivity index (χ2n) is 6.10. The fraction of sp³-hybridized carbons (Fsp3) is 0.381. The van der Waals surface area contributed by atoms with Crippen LogP contribution in [0.5, 0.6) is 0 Å². The number of nitrogens with zero attached hydrogens (tertiary/aromatic N) is 1. The summed E-state index contributed by atoms with van der Waals surface area (Å²) in [6.07, 6.45) is 0. The van der Waals surface area contributed by atoms with Crippen LogP contribution in [0.1, 0.15) is 41.4 Å². The van der Waals surface area contributed by atoms with Crippen LogP contribution in [-0.2, 0) is 11.3 Å². The fourth-order valence-electron chi connectivity index (χ4n) is 3.11. The first-order chi connectivity index (χ1) is 12.6. The highest BCUT2D eigenvalue weighted by atomic mass is 35.5. The number of amides is 1. The van der Waals surface area contributed by atoms with Gasteiger partial charge >= 0.3 is 0 Å². The van der Waals surface area contributed by atoms with E-state index in [1.165, 1.54) is 0 Å². The predicted octanol–water partition coefficient (Wildman–Crippen LogP) is 4.30. The van der Waals surface area contributed by atoms with E-state index in [1.54, 1.807) is 7.11 Å². The molecule has 1 atom stereocenters. The molecule has 0 saturated heterocycles. The average molecular weight is 375 g/mol. The van der Waals surface area contributed by atoms with Crippen LogP contribution in [0.15, 0.2) is 48.5 Å². The van der Waals surface area contributed by atoms with Gasteiger partial charge in [-0.1, -0.05) is 55.8 Å². The number of benzene rings is 2. The number of nitrogens with one attached hydrogen (secondary N) is 1. The van der Waals surface area contributed by atoms with Gasteiger partial charge in [0.1, 0.15) is 0 Å². The Labute approximate surface area is 161 Å². The van der Waals surface area contributed by atoms with Crippen LogP contribution in [0.2, 0.25) is 5.02 Å². The van der Waals surface area contributed by atoms with Crippen LogP contribution in [0.3, 0.4) is 0 Å². The maximum Gasteiger partial charge on any atom is 0.251 e. The minimum Gasteiger partial charge on any atom is -0.380 e. The molecule has 0 aliphatic rings. The van der Waals surface area contributed by atoms with Crippen LogP contribution in [0.25, 0.3) is 0 Å². The number of carbonyl (C=O) groups is 1. The number of likely N-dealkylation sites (N-methyl/N-ethyl adjacent to an activating group) is 1. The van der Waals surface area contributed by atoms with Crippen LogP contribution in [-0.4, -0.2) is 37.6 Å². The van der Waals surface area contributed by atoms with Crippen LogP contribution in [0, 0.1) is 0 Å². The van der Waals surface area contributed by atoms with Gasteiger partial charge in [-0.2, -0.15) is 0 Å². The topological polar surface area (TPSA) is 41.6 Å². The maximum atomic E-state index is 12.6. The van der Waals surface area contributed by atoms with Crippen molar-refractivity contribution in [3.8, 4) is 0 Å². The zero-order valence-electron chi connectivity index (χ0n) is 15.7. The van der Waals surface area contributed by atoms with Gasteiger partial charge in [-0.25, -0.2) is 0 Å². The summed E-state index contributed by atoms with van der Waals surface area (Å²) in [6, 6.07) is 15.3. The normalized spacial score (nSPS) is 12.2. The smallest absolute Gasteiger partial charge is 0.251 e. The van der Waals surface area contributed by atoms with E-state index in [-0.39, 0.29) is 11.9 Å². The van der Waals surface area contributed by atoms with Gasteiger partial charge in [-0.05, 0) is 42.4 Å². The summed E-state index contributed by atoms with van der Waals surface area (Å²) >= 11 is 6.41. The van der Waals surface area contributed by atoms with Gasteiger partial charge in [-0.15, -0.1) is 0 Å². The standard InChI is InChI=1S/C21H27ClN2O2/c1-4-24(5-2)20(18-11-6-7-12-19(18)22)14-23-21(25)17-10-8-9-16(13-17)15-26-3/h6-13,20H,4-5,14-15H2,1-3H3,(H,23,25). The number of hydrogen-bond acceptors (Lipinski definition) is 3. The van der Waals surface area contributed by atoms with E-state index in [4.69, 9.17) is 16.3 Å². The Hall–Kier alpha value is -1.88. The molecule has 2 aromatic carbocycles. The third kappa shape index (κ3) is 5.31. The van der Waals surface area contributed by atoms with E-state index in [0.717, 1.165) is 29.2 Å². The molecule has 1 amide bonds. The fourth-order valence-corrected chi connectivity index (χ4v) is 3.37. The molecule has 2 aromatic rings. The number of rotatable bonds is 9. The Bertz CT molecular complexity index is 717. The summed E-state index contributed by atoms with van der Waals surface area (Å²) in [5, 5.41) is 3.79. The largest absolute Gasteiger partial charge is 0.380 e. The first-order valence-electron chi connectivity index (χ1n) is 8.95. The Balaban J connectivity index is 2.15. The van der Waals surface area contributed by atoms with Gasteiger partial charge in [0.15, 0.2) is 0 Å². The summed E-state index contributed by atoms with van der Waals surface area (Å²) < 4.78 is 5.14. The first kappa shape index (κ1) is 20.4. The Morgan fingerprint density at radius 2 is 1.88 bits per heavy atom. The molecule has 0 aliphatic carbocycles. The van der Waals surface area contributed by atoms with Crippen LogP contribution in [0.4, 0.5) is 0 Å². The molecule has 0 aromatic heterocycles. The van der Waals surface area contributed by atoms with E-state index in [1.807, 2.05) is 48.5 Å². The van der Waals surface area contributed by atoms with Gasteiger partial charge in [0.05, 0.1) is 12.6 Å². The Morgan fingerprint density at radius 1 is 1.15 bits per heavy atom. The zero-order valence-corrected chi connectivity index (χ0v) is 16.4. The average Bonchev–Trinajstić information content (AvgIpc) is 2.66. The molecule has 1 unspecified atom stereocenters. The molecule has 0 bridgehead atoms. The van der Waals surface area contributed by atoms with Gasteiger partial charge in [0.2, 0.25) is 0 Å². The van der Waals surface area contributed by atoms with Crippen molar-refractivity contribution in [2.24, 2.45) is 0 Å². The minimum absolute atomic E-state index is 0.0322. The number of carbonyl (C=O) groups excluding carboxylic acids is 1. The molecule has 26 heavy (non-hydrogen) atoms. The predicted molar refractivity (Wildman–Crippen MR) is 107 cm³/mol. The first-order valence-corrected chi connectivity index (χ1v) is 9.33. The molecule has 5 heteroatoms. The van der Waals surface area contributed by atoms with Gasteiger partial charge < -0.3 is 10.1 Å². The number of halogens is 1. The third-order valence-corrected chi connectivity index (χ3v) is 4.82. The summed E-state index contributed by atoms with van der Waals surface area (Å²) in [5.41, 5.74) is 2.65. The second-order valence-corrected chi connectivity index (χ2v) is 6.51. The molecule has 4 nitrogen and oxygen atoms in total. The molecule has 0 spiro atoms. The van der Waals surface area contributed by atoms with Gasteiger partial charge in [0, 0.05) is 24.2 Å². The molecule has 0 radical (unpaired) electrons. The monoisotopic (exact) mass is 374 g/mol. The van der Waals surface area contributed by atoms with Crippen LogP contribution >= 0.6 is 11.6 Å². The Morgan fingerprint density at radius 3 is 2.54 bits per heavy atom. The van der Waals surface area contributed by atoms with Crippen molar-refractivity contribution < 1.29 is 9.53 Å². The van der Waals surface area contributed by atoms with Crippen molar-refractivity contribution in [2.75, 3.05) is 26.7 Å². The summed E-state index contributed by atoms with van der Waals surface area (Å²) in [4.78, 5) is 14.9. The lowest BCUT2D eigenvalue weighted by Gasteiger charge is -2.31. The second kappa shape index (κ2) is 10.3. The molecule has 0 aliphatic heterocycles. The molecular formula is C21H27ClN2O2. The number of hydrogen-bond donors (Lipinski definition) is 1. The van der Waals surface area contributed by atoms with E-state index < -0.39 is 0 Å². The van der Waals surface area contributed by atoms with Crippen molar-refractivity contribution in [3.63, 3.8) is 0 Å². The number of ether oxygens (including phenoxy) is 1.